The van der Waals surface area contributed by atoms with Crippen LogP contribution in [-0.2, 0) is 29.1 Å². The second kappa shape index (κ2) is 7.82. The average molecular weight is 289 g/mol. The second-order valence-corrected chi connectivity index (χ2v) is 5.64. The van der Waals surface area contributed by atoms with Gasteiger partial charge in [-0.05, 0) is 29.0 Å². The Hall–Kier alpha value is -1.65. The van der Waals surface area contributed by atoms with Gasteiger partial charge in [0.25, 0.3) is 0 Å². The summed E-state index contributed by atoms with van der Waals surface area (Å²) >= 11 is 1.69. The van der Waals surface area contributed by atoms with Crippen LogP contribution >= 0.6 is 11.3 Å². The van der Waals surface area contributed by atoms with Gasteiger partial charge in [0.05, 0.1) is 6.61 Å². The van der Waals surface area contributed by atoms with Crippen molar-refractivity contribution in [3.8, 4) is 0 Å². The summed E-state index contributed by atoms with van der Waals surface area (Å²) in [5.41, 5.74) is 2.22. The normalized spacial score (nSPS) is 10.4. The first-order valence-corrected chi connectivity index (χ1v) is 7.52. The SMILES string of the molecule is COCc1cccc(CNC(=O)CCc2cccs2)c1. The number of rotatable bonds is 7. The highest BCUT2D eigenvalue weighted by molar-refractivity contribution is 7.09. The number of carbonyl (C=O) groups is 1. The number of hydrogen-bond acceptors (Lipinski definition) is 3. The maximum atomic E-state index is 11.8. The van der Waals surface area contributed by atoms with Crippen molar-refractivity contribution < 1.29 is 9.53 Å². The van der Waals surface area contributed by atoms with E-state index in [0.29, 0.717) is 19.6 Å². The van der Waals surface area contributed by atoms with Crippen LogP contribution in [0.4, 0.5) is 0 Å². The van der Waals surface area contributed by atoms with Crippen molar-refractivity contribution in [2.24, 2.45) is 0 Å². The van der Waals surface area contributed by atoms with Crippen LogP contribution in [0.25, 0.3) is 0 Å². The molecule has 1 heterocycles. The van der Waals surface area contributed by atoms with Gasteiger partial charge in [-0.25, -0.2) is 0 Å². The molecule has 0 bridgehead atoms. The summed E-state index contributed by atoms with van der Waals surface area (Å²) in [6.07, 6.45) is 1.35. The van der Waals surface area contributed by atoms with Crippen LogP contribution in [0, 0.1) is 0 Å². The number of ether oxygens (including phenoxy) is 1. The molecule has 1 N–H and O–H groups in total. The Balaban J connectivity index is 1.76. The van der Waals surface area contributed by atoms with Crippen LogP contribution in [0.1, 0.15) is 22.4 Å². The summed E-state index contributed by atoms with van der Waals surface area (Å²) in [4.78, 5) is 13.0. The Morgan fingerprint density at radius 3 is 2.85 bits per heavy atom. The molecule has 0 fully saturated rings. The predicted molar refractivity (Wildman–Crippen MR) is 81.6 cm³/mol. The largest absolute Gasteiger partial charge is 0.380 e. The highest BCUT2D eigenvalue weighted by Gasteiger charge is 2.03. The number of methoxy groups -OCH3 is 1. The molecule has 0 saturated carbocycles. The molecule has 0 saturated heterocycles. The Labute approximate surface area is 123 Å². The Morgan fingerprint density at radius 2 is 2.10 bits per heavy atom. The van der Waals surface area contributed by atoms with Gasteiger partial charge in [0, 0.05) is 25.0 Å². The molecule has 0 atom stereocenters. The van der Waals surface area contributed by atoms with E-state index in [9.17, 15) is 4.79 Å². The molecule has 0 radical (unpaired) electrons. The highest BCUT2D eigenvalue weighted by Crippen LogP contribution is 2.11. The smallest absolute Gasteiger partial charge is 0.220 e. The lowest BCUT2D eigenvalue weighted by molar-refractivity contribution is -0.121. The first-order chi connectivity index (χ1) is 9.78. The predicted octanol–water partition coefficient (Wildman–Crippen LogP) is 3.14. The van der Waals surface area contributed by atoms with Crippen LogP contribution in [0.15, 0.2) is 41.8 Å². The van der Waals surface area contributed by atoms with Crippen molar-refractivity contribution in [2.75, 3.05) is 7.11 Å². The first kappa shape index (κ1) is 14.8. The van der Waals surface area contributed by atoms with E-state index in [4.69, 9.17) is 4.74 Å². The van der Waals surface area contributed by atoms with Gasteiger partial charge in [0.15, 0.2) is 0 Å². The van der Waals surface area contributed by atoms with E-state index in [2.05, 4.69) is 17.4 Å². The number of thiophene rings is 1. The third-order valence-electron chi connectivity index (χ3n) is 2.97. The van der Waals surface area contributed by atoms with Crippen molar-refractivity contribution in [3.63, 3.8) is 0 Å². The third-order valence-corrected chi connectivity index (χ3v) is 3.91. The molecule has 0 unspecified atom stereocenters. The maximum absolute atomic E-state index is 11.8. The monoisotopic (exact) mass is 289 g/mol. The van der Waals surface area contributed by atoms with Gasteiger partial charge >= 0.3 is 0 Å². The Bertz CT molecular complexity index is 537. The zero-order chi connectivity index (χ0) is 14.2. The molecule has 3 nitrogen and oxygen atoms in total. The van der Waals surface area contributed by atoms with Gasteiger partial charge in [0.1, 0.15) is 0 Å². The summed E-state index contributed by atoms with van der Waals surface area (Å²) in [5, 5.41) is 4.99. The van der Waals surface area contributed by atoms with Crippen LogP contribution in [0.2, 0.25) is 0 Å². The van der Waals surface area contributed by atoms with Gasteiger partial charge in [-0.15, -0.1) is 11.3 Å². The Morgan fingerprint density at radius 1 is 1.25 bits per heavy atom. The maximum Gasteiger partial charge on any atom is 0.220 e. The fourth-order valence-electron chi connectivity index (χ4n) is 1.98. The highest BCUT2D eigenvalue weighted by atomic mass is 32.1. The molecule has 0 aliphatic rings. The number of nitrogens with one attached hydrogen (secondary N) is 1. The minimum Gasteiger partial charge on any atom is -0.380 e. The third kappa shape index (κ3) is 4.79. The van der Waals surface area contributed by atoms with Gasteiger partial charge in [-0.1, -0.05) is 30.3 Å². The quantitative estimate of drug-likeness (QED) is 0.850. The molecule has 20 heavy (non-hydrogen) atoms. The molecule has 0 spiro atoms. The molecule has 2 rings (SSSR count). The van der Waals surface area contributed by atoms with E-state index in [0.717, 1.165) is 17.5 Å². The lowest BCUT2D eigenvalue weighted by Gasteiger charge is -2.07. The molecule has 0 aliphatic heterocycles. The summed E-state index contributed by atoms with van der Waals surface area (Å²) in [6.45, 7) is 1.17. The van der Waals surface area contributed by atoms with Crippen molar-refractivity contribution >= 4 is 17.2 Å². The summed E-state index contributed by atoms with van der Waals surface area (Å²) in [7, 11) is 1.68. The number of hydrogen-bond donors (Lipinski definition) is 1. The minimum atomic E-state index is 0.0931. The fourth-order valence-corrected chi connectivity index (χ4v) is 2.69. The molecular formula is C16H19NO2S. The lowest BCUT2D eigenvalue weighted by Crippen LogP contribution is -2.22. The van der Waals surface area contributed by atoms with Gasteiger partial charge < -0.3 is 10.1 Å². The molecule has 0 aliphatic carbocycles. The van der Waals surface area contributed by atoms with Crippen LogP contribution < -0.4 is 5.32 Å². The van der Waals surface area contributed by atoms with Crippen molar-refractivity contribution in [1.82, 2.24) is 5.32 Å². The fraction of sp³-hybridized carbons (Fsp3) is 0.312. The van der Waals surface area contributed by atoms with Crippen molar-refractivity contribution in [3.05, 3.63) is 57.8 Å². The number of aryl methyl sites for hydroxylation is 1. The van der Waals surface area contributed by atoms with Gasteiger partial charge in [-0.3, -0.25) is 4.79 Å². The van der Waals surface area contributed by atoms with E-state index in [1.807, 2.05) is 29.6 Å². The van der Waals surface area contributed by atoms with Crippen LogP contribution in [-0.4, -0.2) is 13.0 Å². The van der Waals surface area contributed by atoms with E-state index >= 15 is 0 Å². The summed E-state index contributed by atoms with van der Waals surface area (Å²) < 4.78 is 5.10. The topological polar surface area (TPSA) is 38.3 Å². The lowest BCUT2D eigenvalue weighted by atomic mass is 10.1. The van der Waals surface area contributed by atoms with Crippen LogP contribution in [0.5, 0.6) is 0 Å². The van der Waals surface area contributed by atoms with E-state index in [1.165, 1.54) is 4.88 Å². The Kier molecular flexibility index (Phi) is 5.77. The summed E-state index contributed by atoms with van der Waals surface area (Å²) in [6, 6.07) is 12.2. The van der Waals surface area contributed by atoms with Crippen molar-refractivity contribution in [2.45, 2.75) is 26.0 Å². The molecule has 4 heteroatoms. The molecule has 2 aromatic rings. The number of amides is 1. The minimum absolute atomic E-state index is 0.0931. The molecule has 1 aromatic carbocycles. The molecule has 106 valence electrons. The van der Waals surface area contributed by atoms with E-state index in [1.54, 1.807) is 18.4 Å². The standard InChI is InChI=1S/C16H19NO2S/c1-19-12-14-5-2-4-13(10-14)11-17-16(18)8-7-15-6-3-9-20-15/h2-6,9-10H,7-8,11-12H2,1H3,(H,17,18). The van der Waals surface area contributed by atoms with Crippen molar-refractivity contribution in [1.29, 1.82) is 0 Å². The molecule has 1 amide bonds. The van der Waals surface area contributed by atoms with Gasteiger partial charge in [0.2, 0.25) is 5.91 Å². The summed E-state index contributed by atoms with van der Waals surface area (Å²) in [5.74, 6) is 0.0931. The zero-order valence-corrected chi connectivity index (χ0v) is 12.4. The van der Waals surface area contributed by atoms with Gasteiger partial charge in [-0.2, -0.15) is 0 Å². The van der Waals surface area contributed by atoms with E-state index < -0.39 is 0 Å². The van der Waals surface area contributed by atoms with Crippen LogP contribution in [0.3, 0.4) is 0 Å². The number of benzene rings is 1. The average Bonchev–Trinajstić information content (AvgIpc) is 2.97. The van der Waals surface area contributed by atoms with E-state index in [-0.39, 0.29) is 5.91 Å². The molecule has 1 aromatic heterocycles. The molecular weight excluding hydrogens is 270 g/mol. The zero-order valence-electron chi connectivity index (χ0n) is 11.6. The second-order valence-electron chi connectivity index (χ2n) is 4.61. The number of carbonyl (C=O) groups excluding carboxylic acids is 1. The first-order valence-electron chi connectivity index (χ1n) is 6.64.